The molecule has 1 aliphatic heterocycles. The van der Waals surface area contributed by atoms with E-state index >= 15 is 0 Å². The molecule has 1 heterocycles. The second-order valence-electron chi connectivity index (χ2n) is 6.99. The van der Waals surface area contributed by atoms with Gasteiger partial charge >= 0.3 is 0 Å². The maximum absolute atomic E-state index is 13.6. The number of nitrogens with zero attached hydrogens (tertiary/aromatic N) is 1. The normalized spacial score (nSPS) is 19.7. The van der Waals surface area contributed by atoms with Gasteiger partial charge in [0.1, 0.15) is 11.6 Å². The van der Waals surface area contributed by atoms with Crippen molar-refractivity contribution in [3.8, 4) is 5.75 Å². The first-order valence-corrected chi connectivity index (χ1v) is 9.55. The van der Waals surface area contributed by atoms with Crippen LogP contribution in [0.1, 0.15) is 37.2 Å². The van der Waals surface area contributed by atoms with Crippen LogP contribution in [0.25, 0.3) is 0 Å². The highest BCUT2D eigenvalue weighted by Crippen LogP contribution is 2.44. The minimum absolute atomic E-state index is 0.0492. The maximum atomic E-state index is 13.6. The largest absolute Gasteiger partial charge is 0.497 e. The van der Waals surface area contributed by atoms with Crippen molar-refractivity contribution < 1.29 is 18.7 Å². The van der Waals surface area contributed by atoms with Crippen molar-refractivity contribution in [1.82, 2.24) is 0 Å². The Morgan fingerprint density at radius 3 is 2.54 bits per heavy atom. The average molecular weight is 400 g/mol. The summed E-state index contributed by atoms with van der Waals surface area (Å²) in [7, 11) is 1.59. The highest BCUT2D eigenvalue weighted by molar-refractivity contribution is 6.31. The van der Waals surface area contributed by atoms with Gasteiger partial charge in [0.15, 0.2) is 5.78 Å². The number of ether oxygens (including phenoxy) is 1. The fourth-order valence-electron chi connectivity index (χ4n) is 4.04. The van der Waals surface area contributed by atoms with Gasteiger partial charge in [0.05, 0.1) is 17.8 Å². The Morgan fingerprint density at radius 1 is 1.11 bits per heavy atom. The summed E-state index contributed by atoms with van der Waals surface area (Å²) >= 11 is 5.93. The van der Waals surface area contributed by atoms with Gasteiger partial charge in [0.25, 0.3) is 0 Å². The quantitative estimate of drug-likeness (QED) is 0.728. The Kier molecular flexibility index (Phi) is 4.94. The van der Waals surface area contributed by atoms with E-state index in [4.69, 9.17) is 16.3 Å². The molecule has 2 aliphatic rings. The fourth-order valence-corrected chi connectivity index (χ4v) is 4.21. The van der Waals surface area contributed by atoms with Gasteiger partial charge in [-0.25, -0.2) is 4.39 Å². The first kappa shape index (κ1) is 18.7. The van der Waals surface area contributed by atoms with Crippen LogP contribution in [0.15, 0.2) is 53.7 Å². The average Bonchev–Trinajstić information content (AvgIpc) is 2.70. The minimum Gasteiger partial charge on any atom is -0.497 e. The molecule has 2 aromatic rings. The number of hydrogen-bond acceptors (Lipinski definition) is 3. The second-order valence-corrected chi connectivity index (χ2v) is 7.40. The monoisotopic (exact) mass is 399 g/mol. The van der Waals surface area contributed by atoms with Crippen molar-refractivity contribution in [3.63, 3.8) is 0 Å². The van der Waals surface area contributed by atoms with Gasteiger partial charge < -0.3 is 4.74 Å². The molecule has 1 aliphatic carbocycles. The third-order valence-corrected chi connectivity index (χ3v) is 5.64. The molecule has 6 heteroatoms. The predicted octanol–water partition coefficient (Wildman–Crippen LogP) is 5.02. The SMILES string of the molecule is COc1ccc(C2CC(=O)N(c3ccc(F)c(Cl)c3)C3=C2C(=O)CCC3)cc1. The van der Waals surface area contributed by atoms with Gasteiger partial charge in [-0.15, -0.1) is 0 Å². The zero-order chi connectivity index (χ0) is 19.8. The molecule has 4 rings (SSSR count). The zero-order valence-electron chi connectivity index (χ0n) is 15.4. The Morgan fingerprint density at radius 2 is 1.86 bits per heavy atom. The fraction of sp³-hybridized carbons (Fsp3) is 0.273. The molecule has 0 saturated heterocycles. The third kappa shape index (κ3) is 3.20. The summed E-state index contributed by atoms with van der Waals surface area (Å²) in [6.45, 7) is 0. The molecule has 1 atom stereocenters. The van der Waals surface area contributed by atoms with Crippen LogP contribution in [0, 0.1) is 5.82 Å². The molecule has 144 valence electrons. The first-order valence-electron chi connectivity index (χ1n) is 9.18. The maximum Gasteiger partial charge on any atom is 0.232 e. The van der Waals surface area contributed by atoms with Gasteiger partial charge in [-0.1, -0.05) is 23.7 Å². The van der Waals surface area contributed by atoms with E-state index in [1.54, 1.807) is 7.11 Å². The molecule has 0 aromatic heterocycles. The number of hydrogen-bond donors (Lipinski definition) is 0. The molecule has 0 radical (unpaired) electrons. The predicted molar refractivity (Wildman–Crippen MR) is 105 cm³/mol. The molecule has 0 bridgehead atoms. The molecule has 0 fully saturated rings. The summed E-state index contributed by atoms with van der Waals surface area (Å²) in [6.07, 6.45) is 1.95. The van der Waals surface area contributed by atoms with Crippen LogP contribution in [-0.4, -0.2) is 18.8 Å². The number of amides is 1. The van der Waals surface area contributed by atoms with E-state index in [1.165, 1.54) is 23.1 Å². The first-order chi connectivity index (χ1) is 13.5. The van der Waals surface area contributed by atoms with Crippen molar-refractivity contribution in [2.75, 3.05) is 12.0 Å². The Balaban J connectivity index is 1.82. The second kappa shape index (κ2) is 7.40. The van der Waals surface area contributed by atoms with Gasteiger partial charge in [-0.2, -0.15) is 0 Å². The molecule has 0 spiro atoms. The van der Waals surface area contributed by atoms with Crippen LogP contribution in [0.3, 0.4) is 0 Å². The van der Waals surface area contributed by atoms with Gasteiger partial charge in [-0.05, 0) is 48.7 Å². The van der Waals surface area contributed by atoms with Crippen LogP contribution in [0.2, 0.25) is 5.02 Å². The summed E-state index contributed by atoms with van der Waals surface area (Å²) in [6, 6.07) is 11.7. The lowest BCUT2D eigenvalue weighted by Gasteiger charge is -2.38. The number of benzene rings is 2. The van der Waals surface area contributed by atoms with E-state index in [1.807, 2.05) is 24.3 Å². The van der Waals surface area contributed by atoms with Crippen molar-refractivity contribution in [3.05, 3.63) is 70.1 Å². The number of methoxy groups -OCH3 is 1. The minimum atomic E-state index is -0.542. The number of Topliss-reactive ketones (excluding diaryl/α,β-unsaturated/α-hetero) is 1. The molecule has 4 nitrogen and oxygen atoms in total. The van der Waals surface area contributed by atoms with Crippen molar-refractivity contribution in [2.45, 2.75) is 31.6 Å². The Hall–Kier alpha value is -2.66. The lowest BCUT2D eigenvalue weighted by molar-refractivity contribution is -0.119. The molecule has 1 amide bonds. The van der Waals surface area contributed by atoms with Crippen molar-refractivity contribution >= 4 is 29.0 Å². The van der Waals surface area contributed by atoms with Crippen molar-refractivity contribution in [1.29, 1.82) is 0 Å². The standard InChI is InChI=1S/C22H19ClFNO3/c1-28-15-8-5-13(6-9-15)16-12-21(27)25(14-7-10-18(24)17(23)11-14)19-3-2-4-20(26)22(16)19/h5-11,16H,2-4,12H2,1H3. The van der Waals surface area contributed by atoms with Crippen LogP contribution in [-0.2, 0) is 9.59 Å². The topological polar surface area (TPSA) is 46.6 Å². The summed E-state index contributed by atoms with van der Waals surface area (Å²) < 4.78 is 18.8. The highest BCUT2D eigenvalue weighted by Gasteiger charge is 2.39. The number of carbonyl (C=O) groups excluding carboxylic acids is 2. The van der Waals surface area contributed by atoms with E-state index in [0.717, 1.165) is 11.3 Å². The van der Waals surface area contributed by atoms with Gasteiger partial charge in [0.2, 0.25) is 5.91 Å². The number of anilines is 1. The number of halogens is 2. The Labute approximate surface area is 167 Å². The molecule has 2 aromatic carbocycles. The molecule has 0 saturated carbocycles. The number of rotatable bonds is 3. The molecule has 1 unspecified atom stereocenters. The molecular weight excluding hydrogens is 381 g/mol. The highest BCUT2D eigenvalue weighted by atomic mass is 35.5. The lowest BCUT2D eigenvalue weighted by Crippen LogP contribution is -2.40. The van der Waals surface area contributed by atoms with Crippen molar-refractivity contribution in [2.24, 2.45) is 0 Å². The smallest absolute Gasteiger partial charge is 0.232 e. The van der Waals surface area contributed by atoms with Crippen LogP contribution in [0.5, 0.6) is 5.75 Å². The third-order valence-electron chi connectivity index (χ3n) is 5.35. The van der Waals surface area contributed by atoms with E-state index in [0.29, 0.717) is 36.2 Å². The van der Waals surface area contributed by atoms with Gasteiger partial charge in [0, 0.05) is 30.0 Å². The lowest BCUT2D eigenvalue weighted by atomic mass is 9.77. The number of carbonyl (C=O) groups is 2. The van der Waals surface area contributed by atoms with Crippen LogP contribution in [0.4, 0.5) is 10.1 Å². The zero-order valence-corrected chi connectivity index (χ0v) is 16.1. The molecule has 0 N–H and O–H groups in total. The number of allylic oxidation sites excluding steroid dienone is 2. The van der Waals surface area contributed by atoms with E-state index < -0.39 is 5.82 Å². The van der Waals surface area contributed by atoms with Crippen LogP contribution < -0.4 is 9.64 Å². The van der Waals surface area contributed by atoms with Gasteiger partial charge in [-0.3, -0.25) is 14.5 Å². The molecule has 28 heavy (non-hydrogen) atoms. The number of ketones is 1. The Bertz CT molecular complexity index is 984. The summed E-state index contributed by atoms with van der Waals surface area (Å²) in [5.41, 5.74) is 2.79. The summed E-state index contributed by atoms with van der Waals surface area (Å²) in [5, 5.41) is -0.0492. The van der Waals surface area contributed by atoms with E-state index in [9.17, 15) is 14.0 Å². The summed E-state index contributed by atoms with van der Waals surface area (Å²) in [5.74, 6) is -0.171. The van der Waals surface area contributed by atoms with E-state index in [2.05, 4.69) is 0 Å². The van der Waals surface area contributed by atoms with E-state index in [-0.39, 0.29) is 29.1 Å². The van der Waals surface area contributed by atoms with Crippen LogP contribution >= 0.6 is 11.6 Å². The summed E-state index contributed by atoms with van der Waals surface area (Å²) in [4.78, 5) is 27.5. The molecular formula is C22H19ClFNO3.